The Morgan fingerprint density at radius 3 is 2.59 bits per heavy atom. The summed E-state index contributed by atoms with van der Waals surface area (Å²) in [5, 5.41) is 4.63. The summed E-state index contributed by atoms with van der Waals surface area (Å²) in [6.07, 6.45) is 1.68. The van der Waals surface area contributed by atoms with E-state index in [9.17, 15) is 14.0 Å². The maximum Gasteiger partial charge on any atom is 0.275 e. The third-order valence-corrected chi connectivity index (χ3v) is 5.07. The van der Waals surface area contributed by atoms with Crippen LogP contribution in [0.2, 0.25) is 0 Å². The van der Waals surface area contributed by atoms with Crippen molar-refractivity contribution in [2.75, 3.05) is 38.2 Å². The molecule has 4 rings (SSSR count). The molecule has 1 aliphatic heterocycles. The Hall–Kier alpha value is -3.49. The molecule has 1 amide bonds. The van der Waals surface area contributed by atoms with Crippen LogP contribution in [0.1, 0.15) is 10.5 Å². The molecule has 29 heavy (non-hydrogen) atoms. The molecule has 0 saturated carbocycles. The van der Waals surface area contributed by atoms with Crippen LogP contribution >= 0.6 is 0 Å². The predicted octanol–water partition coefficient (Wildman–Crippen LogP) is 1.44. The second-order valence-corrected chi connectivity index (χ2v) is 6.80. The molecule has 3 aromatic rings. The van der Waals surface area contributed by atoms with Crippen molar-refractivity contribution in [3.8, 4) is 5.88 Å². The molecule has 1 fully saturated rings. The number of methoxy groups -OCH3 is 1. The fourth-order valence-corrected chi connectivity index (χ4v) is 3.51. The fourth-order valence-electron chi connectivity index (χ4n) is 3.51. The van der Waals surface area contributed by atoms with Gasteiger partial charge in [0.25, 0.3) is 11.5 Å². The first-order valence-corrected chi connectivity index (χ1v) is 9.19. The largest absolute Gasteiger partial charge is 0.481 e. The van der Waals surface area contributed by atoms with Gasteiger partial charge in [-0.2, -0.15) is 5.10 Å². The van der Waals surface area contributed by atoms with Gasteiger partial charge in [-0.3, -0.25) is 9.59 Å². The summed E-state index contributed by atoms with van der Waals surface area (Å²) >= 11 is 0. The molecule has 0 N–H and O–H groups in total. The number of benzene rings is 1. The number of hydrogen-bond acceptors (Lipinski definition) is 6. The van der Waals surface area contributed by atoms with Crippen LogP contribution < -0.4 is 15.2 Å². The zero-order valence-corrected chi connectivity index (χ0v) is 16.1. The van der Waals surface area contributed by atoms with Crippen molar-refractivity contribution in [1.82, 2.24) is 19.7 Å². The van der Waals surface area contributed by atoms with Crippen molar-refractivity contribution in [1.29, 1.82) is 0 Å². The Morgan fingerprint density at radius 1 is 1.10 bits per heavy atom. The highest BCUT2D eigenvalue weighted by Crippen LogP contribution is 2.22. The number of aromatic nitrogens is 3. The number of carbonyl (C=O) groups excluding carboxylic acids is 1. The highest BCUT2D eigenvalue weighted by atomic mass is 19.1. The van der Waals surface area contributed by atoms with E-state index in [1.807, 2.05) is 12.1 Å². The summed E-state index contributed by atoms with van der Waals surface area (Å²) in [4.78, 5) is 33.3. The number of amides is 1. The van der Waals surface area contributed by atoms with Gasteiger partial charge < -0.3 is 14.5 Å². The molecule has 1 saturated heterocycles. The van der Waals surface area contributed by atoms with Crippen LogP contribution in [0.25, 0.3) is 10.8 Å². The van der Waals surface area contributed by atoms with Crippen molar-refractivity contribution in [2.24, 2.45) is 7.05 Å². The maximum absolute atomic E-state index is 13.8. The van der Waals surface area contributed by atoms with E-state index in [4.69, 9.17) is 4.74 Å². The fraction of sp³-hybridized carbons (Fsp3) is 0.300. The van der Waals surface area contributed by atoms with E-state index in [-0.39, 0.29) is 27.9 Å². The molecule has 1 aliphatic rings. The highest BCUT2D eigenvalue weighted by molar-refractivity contribution is 6.04. The Labute approximate surface area is 166 Å². The van der Waals surface area contributed by atoms with Gasteiger partial charge in [-0.1, -0.05) is 0 Å². The Morgan fingerprint density at radius 2 is 1.86 bits per heavy atom. The van der Waals surface area contributed by atoms with Gasteiger partial charge in [0, 0.05) is 56.6 Å². The average Bonchev–Trinajstić information content (AvgIpc) is 2.76. The second kappa shape index (κ2) is 7.50. The minimum absolute atomic E-state index is 0.0839. The normalized spacial score (nSPS) is 14.3. The Balaban J connectivity index is 1.58. The molecule has 0 atom stereocenters. The summed E-state index contributed by atoms with van der Waals surface area (Å²) in [5.74, 6) is -0.301. The minimum atomic E-state index is -0.516. The smallest absolute Gasteiger partial charge is 0.275 e. The monoisotopic (exact) mass is 397 g/mol. The number of anilines is 1. The molecule has 9 heteroatoms. The number of halogens is 1. The molecule has 0 aliphatic carbocycles. The van der Waals surface area contributed by atoms with Gasteiger partial charge in [0.1, 0.15) is 5.82 Å². The lowest BCUT2D eigenvalue weighted by Gasteiger charge is -2.36. The van der Waals surface area contributed by atoms with Gasteiger partial charge in [-0.05, 0) is 24.3 Å². The lowest BCUT2D eigenvalue weighted by Crippen LogP contribution is -2.49. The van der Waals surface area contributed by atoms with Gasteiger partial charge in [0.2, 0.25) is 5.88 Å². The zero-order chi connectivity index (χ0) is 20.5. The van der Waals surface area contributed by atoms with E-state index in [0.29, 0.717) is 32.1 Å². The maximum atomic E-state index is 13.8. The molecular formula is C20H20FN5O3. The standard InChI is InChI=1S/C20H20FN5O3/c1-24-19(27)15-4-3-13(21)11-16(15)18(23-24)20(28)26-9-7-25(8-10-26)14-5-6-22-17(12-14)29-2/h3-6,11-12H,7-10H2,1-2H3. The summed E-state index contributed by atoms with van der Waals surface area (Å²) in [7, 11) is 3.05. The number of aryl methyl sites for hydroxylation is 1. The number of carbonyl (C=O) groups is 1. The van der Waals surface area contributed by atoms with Crippen LogP contribution in [-0.4, -0.2) is 58.9 Å². The van der Waals surface area contributed by atoms with Crippen molar-refractivity contribution < 1.29 is 13.9 Å². The lowest BCUT2D eigenvalue weighted by molar-refractivity contribution is 0.0740. The number of piperazine rings is 1. The van der Waals surface area contributed by atoms with Crippen molar-refractivity contribution in [3.05, 3.63) is 58.4 Å². The van der Waals surface area contributed by atoms with E-state index < -0.39 is 5.82 Å². The Kier molecular flexibility index (Phi) is 4.87. The topological polar surface area (TPSA) is 80.6 Å². The Bertz CT molecular complexity index is 1140. The van der Waals surface area contributed by atoms with E-state index >= 15 is 0 Å². The number of pyridine rings is 1. The summed E-state index contributed by atoms with van der Waals surface area (Å²) < 4.78 is 20.1. The minimum Gasteiger partial charge on any atom is -0.481 e. The first-order chi connectivity index (χ1) is 14.0. The number of fused-ring (bicyclic) bond motifs is 1. The summed E-state index contributed by atoms with van der Waals surface area (Å²) in [5.41, 5.74) is 0.685. The molecule has 8 nitrogen and oxygen atoms in total. The third-order valence-electron chi connectivity index (χ3n) is 5.07. The van der Waals surface area contributed by atoms with Gasteiger partial charge in [0.15, 0.2) is 5.69 Å². The number of rotatable bonds is 3. The van der Waals surface area contributed by atoms with Gasteiger partial charge in [0.05, 0.1) is 12.5 Å². The molecule has 0 unspecified atom stereocenters. The van der Waals surface area contributed by atoms with Crippen LogP contribution in [-0.2, 0) is 7.05 Å². The first-order valence-electron chi connectivity index (χ1n) is 9.19. The predicted molar refractivity (Wildman–Crippen MR) is 106 cm³/mol. The van der Waals surface area contributed by atoms with E-state index in [0.717, 1.165) is 10.4 Å². The quantitative estimate of drug-likeness (QED) is 0.665. The zero-order valence-electron chi connectivity index (χ0n) is 16.1. The number of ether oxygens (including phenoxy) is 1. The molecule has 0 bridgehead atoms. The molecule has 150 valence electrons. The van der Waals surface area contributed by atoms with Crippen molar-refractivity contribution >= 4 is 22.4 Å². The summed E-state index contributed by atoms with van der Waals surface area (Å²) in [6, 6.07) is 7.53. The van der Waals surface area contributed by atoms with Crippen LogP contribution in [0.5, 0.6) is 5.88 Å². The van der Waals surface area contributed by atoms with Crippen molar-refractivity contribution in [2.45, 2.75) is 0 Å². The van der Waals surface area contributed by atoms with Crippen LogP contribution in [0.15, 0.2) is 41.3 Å². The molecule has 0 radical (unpaired) electrons. The third kappa shape index (κ3) is 3.51. The highest BCUT2D eigenvalue weighted by Gasteiger charge is 2.26. The van der Waals surface area contributed by atoms with Gasteiger partial charge in [-0.25, -0.2) is 14.1 Å². The van der Waals surface area contributed by atoms with Gasteiger partial charge in [-0.15, -0.1) is 0 Å². The molecular weight excluding hydrogens is 377 g/mol. The second-order valence-electron chi connectivity index (χ2n) is 6.80. The number of hydrogen-bond donors (Lipinski definition) is 0. The summed E-state index contributed by atoms with van der Waals surface area (Å²) in [6.45, 7) is 2.20. The van der Waals surface area contributed by atoms with Crippen LogP contribution in [0, 0.1) is 5.82 Å². The molecule has 3 heterocycles. The molecule has 1 aromatic carbocycles. The first kappa shape index (κ1) is 18.9. The van der Waals surface area contributed by atoms with Crippen LogP contribution in [0.3, 0.4) is 0 Å². The average molecular weight is 397 g/mol. The van der Waals surface area contributed by atoms with Gasteiger partial charge >= 0.3 is 0 Å². The van der Waals surface area contributed by atoms with E-state index in [1.165, 1.54) is 25.2 Å². The van der Waals surface area contributed by atoms with Crippen LogP contribution in [0.4, 0.5) is 10.1 Å². The lowest BCUT2D eigenvalue weighted by atomic mass is 10.1. The number of nitrogens with zero attached hydrogens (tertiary/aromatic N) is 5. The van der Waals surface area contributed by atoms with E-state index in [1.54, 1.807) is 18.2 Å². The SMILES string of the molecule is COc1cc(N2CCN(C(=O)c3nn(C)c(=O)c4ccc(F)cc34)CC2)ccn1. The van der Waals surface area contributed by atoms with Crippen molar-refractivity contribution in [3.63, 3.8) is 0 Å². The molecule has 2 aromatic heterocycles. The van der Waals surface area contributed by atoms with E-state index in [2.05, 4.69) is 15.0 Å². The molecule has 0 spiro atoms.